The number of hydrogen-bond donors (Lipinski definition) is 2. The van der Waals surface area contributed by atoms with Gasteiger partial charge in [-0.05, 0) is 12.1 Å². The summed E-state index contributed by atoms with van der Waals surface area (Å²) in [6.07, 6.45) is 0. The van der Waals surface area contributed by atoms with Crippen LogP contribution in [-0.4, -0.2) is 25.5 Å². The third-order valence-corrected chi connectivity index (χ3v) is 1.73. The number of nitrogens with two attached hydrogens (primary N) is 1. The van der Waals surface area contributed by atoms with E-state index in [1.807, 2.05) is 0 Å². The molecule has 0 fully saturated rings. The zero-order chi connectivity index (χ0) is 12.0. The van der Waals surface area contributed by atoms with E-state index >= 15 is 0 Å². The highest BCUT2D eigenvalue weighted by molar-refractivity contribution is 5.96. The van der Waals surface area contributed by atoms with Crippen LogP contribution in [0.3, 0.4) is 0 Å². The summed E-state index contributed by atoms with van der Waals surface area (Å²) in [6.45, 7) is -0.374. The van der Waals surface area contributed by atoms with Crippen LogP contribution in [0.5, 0.6) is 5.75 Å². The number of nitrogens with one attached hydrogen (secondary N) is 1. The molecule has 0 heterocycles. The van der Waals surface area contributed by atoms with Crippen molar-refractivity contribution < 1.29 is 19.2 Å². The molecule has 0 aliphatic heterocycles. The largest absolute Gasteiger partial charge is 0.496 e. The Morgan fingerprint density at radius 3 is 2.69 bits per heavy atom. The second-order valence-electron chi connectivity index (χ2n) is 2.89. The molecule has 0 radical (unpaired) electrons. The van der Waals surface area contributed by atoms with Gasteiger partial charge in [-0.25, -0.2) is 5.48 Å². The number of amides is 2. The van der Waals surface area contributed by atoms with E-state index in [4.69, 9.17) is 10.5 Å². The third kappa shape index (κ3) is 3.25. The highest BCUT2D eigenvalue weighted by atomic mass is 16.7. The minimum absolute atomic E-state index is 0.314. The number of rotatable bonds is 5. The zero-order valence-electron chi connectivity index (χ0n) is 8.73. The van der Waals surface area contributed by atoms with E-state index < -0.39 is 11.8 Å². The first-order valence-corrected chi connectivity index (χ1v) is 4.48. The highest BCUT2D eigenvalue weighted by Crippen LogP contribution is 2.16. The van der Waals surface area contributed by atoms with E-state index in [1.165, 1.54) is 7.11 Å². The summed E-state index contributed by atoms with van der Waals surface area (Å²) in [5.74, 6) is -0.748. The van der Waals surface area contributed by atoms with Crippen molar-refractivity contribution in [1.29, 1.82) is 0 Å². The normalized spacial score (nSPS) is 9.56. The number of methoxy groups -OCH3 is 1. The molecule has 0 aliphatic rings. The van der Waals surface area contributed by atoms with E-state index in [9.17, 15) is 9.59 Å². The number of carbonyl (C=O) groups is 2. The number of para-hydroxylation sites is 1. The van der Waals surface area contributed by atoms with E-state index in [1.54, 1.807) is 24.3 Å². The maximum Gasteiger partial charge on any atom is 0.278 e. The lowest BCUT2D eigenvalue weighted by Crippen LogP contribution is -2.29. The van der Waals surface area contributed by atoms with Gasteiger partial charge in [0.2, 0.25) is 5.91 Å². The van der Waals surface area contributed by atoms with Crippen molar-refractivity contribution in [3.8, 4) is 5.75 Å². The summed E-state index contributed by atoms with van der Waals surface area (Å²) < 4.78 is 4.99. The van der Waals surface area contributed by atoms with Gasteiger partial charge in [-0.1, -0.05) is 12.1 Å². The number of ether oxygens (including phenoxy) is 1. The average Bonchev–Trinajstić information content (AvgIpc) is 2.28. The molecular formula is C10H12N2O4. The SMILES string of the molecule is COc1ccccc1C(=O)NOCC(N)=O. The molecule has 0 saturated carbocycles. The summed E-state index contributed by atoms with van der Waals surface area (Å²) in [4.78, 5) is 26.5. The smallest absolute Gasteiger partial charge is 0.278 e. The molecule has 2 amide bonds. The molecule has 1 aromatic rings. The summed E-state index contributed by atoms with van der Waals surface area (Å²) in [5.41, 5.74) is 7.23. The Balaban J connectivity index is 2.62. The lowest BCUT2D eigenvalue weighted by atomic mass is 10.2. The highest BCUT2D eigenvalue weighted by Gasteiger charge is 2.11. The molecule has 0 saturated heterocycles. The maximum atomic E-state index is 11.5. The molecule has 0 atom stereocenters. The monoisotopic (exact) mass is 224 g/mol. The minimum Gasteiger partial charge on any atom is -0.496 e. The Kier molecular flexibility index (Phi) is 4.28. The van der Waals surface area contributed by atoms with Crippen LogP contribution in [0, 0.1) is 0 Å². The van der Waals surface area contributed by atoms with Gasteiger partial charge in [-0.15, -0.1) is 0 Å². The molecule has 0 spiro atoms. The molecule has 16 heavy (non-hydrogen) atoms. The van der Waals surface area contributed by atoms with Gasteiger partial charge in [0.05, 0.1) is 12.7 Å². The summed E-state index contributed by atoms with van der Waals surface area (Å²) in [7, 11) is 1.45. The lowest BCUT2D eigenvalue weighted by molar-refractivity contribution is -0.124. The summed E-state index contributed by atoms with van der Waals surface area (Å²) in [6, 6.07) is 6.64. The first-order valence-electron chi connectivity index (χ1n) is 4.48. The second kappa shape index (κ2) is 5.72. The van der Waals surface area contributed by atoms with Crippen LogP contribution >= 0.6 is 0 Å². The number of benzene rings is 1. The molecule has 6 heteroatoms. The molecule has 0 bridgehead atoms. The van der Waals surface area contributed by atoms with Crippen molar-refractivity contribution in [2.45, 2.75) is 0 Å². The summed E-state index contributed by atoms with van der Waals surface area (Å²) >= 11 is 0. The van der Waals surface area contributed by atoms with E-state index in [0.29, 0.717) is 11.3 Å². The van der Waals surface area contributed by atoms with Crippen LogP contribution in [0.1, 0.15) is 10.4 Å². The molecular weight excluding hydrogens is 212 g/mol. The van der Waals surface area contributed by atoms with Crippen molar-refractivity contribution in [2.24, 2.45) is 5.73 Å². The standard InChI is InChI=1S/C10H12N2O4/c1-15-8-5-3-2-4-7(8)10(14)12-16-6-9(11)13/h2-5H,6H2,1H3,(H2,11,13)(H,12,14). The lowest BCUT2D eigenvalue weighted by Gasteiger charge is -2.07. The molecule has 3 N–H and O–H groups in total. The van der Waals surface area contributed by atoms with E-state index in [0.717, 1.165) is 0 Å². The van der Waals surface area contributed by atoms with Gasteiger partial charge in [-0.3, -0.25) is 14.4 Å². The van der Waals surface area contributed by atoms with Gasteiger partial charge in [0.25, 0.3) is 5.91 Å². The topological polar surface area (TPSA) is 90.7 Å². The third-order valence-electron chi connectivity index (χ3n) is 1.73. The first-order chi connectivity index (χ1) is 7.65. The van der Waals surface area contributed by atoms with Crippen LogP contribution in [0.4, 0.5) is 0 Å². The van der Waals surface area contributed by atoms with Crippen LogP contribution < -0.4 is 16.0 Å². The van der Waals surface area contributed by atoms with Gasteiger partial charge in [0, 0.05) is 0 Å². The van der Waals surface area contributed by atoms with E-state index in [-0.39, 0.29) is 6.61 Å². The Hall–Kier alpha value is -2.08. The fraction of sp³-hybridized carbons (Fsp3) is 0.200. The number of primary amides is 1. The predicted octanol–water partition coefficient (Wildman–Crippen LogP) is -0.158. The molecule has 1 aromatic carbocycles. The second-order valence-corrected chi connectivity index (χ2v) is 2.89. The molecule has 86 valence electrons. The van der Waals surface area contributed by atoms with Gasteiger partial charge in [-0.2, -0.15) is 0 Å². The fourth-order valence-electron chi connectivity index (χ4n) is 1.06. The number of hydroxylamine groups is 1. The number of hydrogen-bond acceptors (Lipinski definition) is 4. The van der Waals surface area contributed by atoms with Crippen LogP contribution in [0.2, 0.25) is 0 Å². The van der Waals surface area contributed by atoms with Crippen molar-refractivity contribution in [1.82, 2.24) is 5.48 Å². The van der Waals surface area contributed by atoms with Crippen LogP contribution in [0.25, 0.3) is 0 Å². The van der Waals surface area contributed by atoms with E-state index in [2.05, 4.69) is 10.3 Å². The number of carbonyl (C=O) groups excluding carboxylic acids is 2. The van der Waals surface area contributed by atoms with Gasteiger partial charge in [0.1, 0.15) is 5.75 Å². The minimum atomic E-state index is -0.666. The Bertz CT molecular complexity index is 392. The van der Waals surface area contributed by atoms with Crippen molar-refractivity contribution >= 4 is 11.8 Å². The molecule has 0 aliphatic carbocycles. The summed E-state index contributed by atoms with van der Waals surface area (Å²) in [5, 5.41) is 0. The van der Waals surface area contributed by atoms with Gasteiger partial charge >= 0.3 is 0 Å². The maximum absolute atomic E-state index is 11.5. The fourth-order valence-corrected chi connectivity index (χ4v) is 1.06. The predicted molar refractivity (Wildman–Crippen MR) is 55.6 cm³/mol. The van der Waals surface area contributed by atoms with Gasteiger partial charge in [0.15, 0.2) is 6.61 Å². The zero-order valence-corrected chi connectivity index (χ0v) is 8.73. The van der Waals surface area contributed by atoms with Crippen molar-refractivity contribution in [3.05, 3.63) is 29.8 Å². The van der Waals surface area contributed by atoms with Crippen molar-refractivity contribution in [3.63, 3.8) is 0 Å². The molecule has 1 rings (SSSR count). The quantitative estimate of drug-likeness (QED) is 0.680. The van der Waals surface area contributed by atoms with Gasteiger partial charge < -0.3 is 10.5 Å². The Morgan fingerprint density at radius 2 is 2.06 bits per heavy atom. The molecule has 0 unspecified atom stereocenters. The molecule has 0 aromatic heterocycles. The first kappa shape index (κ1) is 12.0. The Labute approximate surface area is 92.3 Å². The Morgan fingerprint density at radius 1 is 1.38 bits per heavy atom. The van der Waals surface area contributed by atoms with Crippen molar-refractivity contribution in [2.75, 3.05) is 13.7 Å². The van der Waals surface area contributed by atoms with Crippen LogP contribution in [-0.2, 0) is 9.63 Å². The van der Waals surface area contributed by atoms with Crippen LogP contribution in [0.15, 0.2) is 24.3 Å². The average molecular weight is 224 g/mol. The molecule has 6 nitrogen and oxygen atoms in total.